The standard InChI is InChI=1S/C20H19ClN4O3S/c1-12-16(13(2)28-25-12)10-29-11-19(26)23-17-6-4-3-5-15(17)20(27)24-18-8-7-14(21)9-22-18/h3-9H,10-11H2,1-2H3,(H,23,26)(H,22,24,27). The van der Waals surface area contributed by atoms with Crippen LogP contribution in [0.15, 0.2) is 47.1 Å². The summed E-state index contributed by atoms with van der Waals surface area (Å²) in [6, 6.07) is 10.0. The molecule has 0 radical (unpaired) electrons. The lowest BCUT2D eigenvalue weighted by molar-refractivity contribution is -0.113. The highest BCUT2D eigenvalue weighted by Crippen LogP contribution is 2.21. The molecule has 0 bridgehead atoms. The SMILES string of the molecule is Cc1noc(C)c1CSCC(=O)Nc1ccccc1C(=O)Nc1ccc(Cl)cn1. The summed E-state index contributed by atoms with van der Waals surface area (Å²) >= 11 is 7.26. The first-order valence-corrected chi connectivity index (χ1v) is 10.3. The molecule has 3 rings (SSSR count). The maximum absolute atomic E-state index is 12.6. The Hall–Kier alpha value is -2.84. The lowest BCUT2D eigenvalue weighted by Crippen LogP contribution is -2.19. The second kappa shape index (κ2) is 9.58. The monoisotopic (exact) mass is 430 g/mol. The zero-order valence-electron chi connectivity index (χ0n) is 15.9. The highest BCUT2D eigenvalue weighted by atomic mass is 35.5. The molecule has 2 heterocycles. The van der Waals surface area contributed by atoms with Crippen LogP contribution in [0.3, 0.4) is 0 Å². The lowest BCUT2D eigenvalue weighted by Gasteiger charge is -2.11. The number of hydrogen-bond donors (Lipinski definition) is 2. The first-order valence-electron chi connectivity index (χ1n) is 8.75. The van der Waals surface area contributed by atoms with Crippen molar-refractivity contribution >= 4 is 46.7 Å². The summed E-state index contributed by atoms with van der Waals surface area (Å²) in [5.74, 6) is 1.41. The molecular weight excluding hydrogens is 412 g/mol. The molecule has 150 valence electrons. The van der Waals surface area contributed by atoms with Crippen molar-refractivity contribution in [2.45, 2.75) is 19.6 Å². The topological polar surface area (TPSA) is 97.1 Å². The Morgan fingerprint density at radius 2 is 1.93 bits per heavy atom. The summed E-state index contributed by atoms with van der Waals surface area (Å²) in [4.78, 5) is 29.0. The lowest BCUT2D eigenvalue weighted by atomic mass is 10.1. The van der Waals surface area contributed by atoms with Crippen molar-refractivity contribution in [3.05, 3.63) is 70.2 Å². The largest absolute Gasteiger partial charge is 0.361 e. The van der Waals surface area contributed by atoms with Gasteiger partial charge in [-0.05, 0) is 38.1 Å². The molecule has 0 aliphatic rings. The number of benzene rings is 1. The van der Waals surface area contributed by atoms with Gasteiger partial charge in [-0.2, -0.15) is 0 Å². The molecule has 2 N–H and O–H groups in total. The van der Waals surface area contributed by atoms with E-state index in [0.717, 1.165) is 17.0 Å². The molecule has 0 saturated carbocycles. The van der Waals surface area contributed by atoms with E-state index in [1.807, 2.05) is 13.8 Å². The Bertz CT molecular complexity index is 1000. The molecule has 1 aromatic carbocycles. The number of carbonyl (C=O) groups excluding carboxylic acids is 2. The first-order chi connectivity index (χ1) is 13.9. The zero-order chi connectivity index (χ0) is 20.8. The van der Waals surface area contributed by atoms with Gasteiger partial charge in [0, 0.05) is 17.5 Å². The zero-order valence-corrected chi connectivity index (χ0v) is 17.4. The van der Waals surface area contributed by atoms with Gasteiger partial charge in [0.15, 0.2) is 0 Å². The fraction of sp³-hybridized carbons (Fsp3) is 0.200. The maximum Gasteiger partial charge on any atom is 0.258 e. The van der Waals surface area contributed by atoms with E-state index < -0.39 is 0 Å². The third-order valence-corrected chi connectivity index (χ3v) is 5.26. The third kappa shape index (κ3) is 5.58. The molecule has 0 spiro atoms. The molecule has 0 aliphatic heterocycles. The van der Waals surface area contributed by atoms with Crippen LogP contribution in [-0.2, 0) is 10.5 Å². The molecular formula is C20H19ClN4O3S. The van der Waals surface area contributed by atoms with Gasteiger partial charge in [0.2, 0.25) is 5.91 Å². The average Bonchev–Trinajstić information content (AvgIpc) is 3.02. The molecule has 0 unspecified atom stereocenters. The number of halogens is 1. The quantitative estimate of drug-likeness (QED) is 0.574. The van der Waals surface area contributed by atoms with Gasteiger partial charge in [0.05, 0.1) is 27.7 Å². The number of aromatic nitrogens is 2. The van der Waals surface area contributed by atoms with Gasteiger partial charge >= 0.3 is 0 Å². The van der Waals surface area contributed by atoms with E-state index >= 15 is 0 Å². The number of anilines is 2. The van der Waals surface area contributed by atoms with Gasteiger partial charge < -0.3 is 15.2 Å². The van der Waals surface area contributed by atoms with Crippen molar-refractivity contribution in [2.24, 2.45) is 0 Å². The summed E-state index contributed by atoms with van der Waals surface area (Å²) in [6.45, 7) is 3.72. The van der Waals surface area contributed by atoms with Crippen molar-refractivity contribution in [1.82, 2.24) is 10.1 Å². The Morgan fingerprint density at radius 3 is 2.62 bits per heavy atom. The van der Waals surface area contributed by atoms with E-state index in [1.165, 1.54) is 18.0 Å². The highest BCUT2D eigenvalue weighted by Gasteiger charge is 2.15. The molecule has 0 saturated heterocycles. The molecule has 2 aromatic heterocycles. The van der Waals surface area contributed by atoms with Gasteiger partial charge in [-0.15, -0.1) is 11.8 Å². The molecule has 29 heavy (non-hydrogen) atoms. The number of para-hydroxylation sites is 1. The minimum atomic E-state index is -0.376. The van der Waals surface area contributed by atoms with Crippen molar-refractivity contribution < 1.29 is 14.1 Å². The number of hydrogen-bond acceptors (Lipinski definition) is 6. The van der Waals surface area contributed by atoms with Crippen LogP contribution in [0.1, 0.15) is 27.4 Å². The number of nitrogens with one attached hydrogen (secondary N) is 2. The van der Waals surface area contributed by atoms with E-state index in [2.05, 4.69) is 20.8 Å². The fourth-order valence-electron chi connectivity index (χ4n) is 2.56. The predicted octanol–water partition coefficient (Wildman–Crippen LogP) is 4.46. The average molecular weight is 431 g/mol. The van der Waals surface area contributed by atoms with E-state index in [9.17, 15) is 9.59 Å². The van der Waals surface area contributed by atoms with Gasteiger partial charge in [-0.25, -0.2) is 4.98 Å². The van der Waals surface area contributed by atoms with Crippen LogP contribution in [0.25, 0.3) is 0 Å². The second-order valence-electron chi connectivity index (χ2n) is 6.21. The van der Waals surface area contributed by atoms with Crippen LogP contribution in [0.2, 0.25) is 5.02 Å². The molecule has 3 aromatic rings. The number of pyridine rings is 1. The Balaban J connectivity index is 1.60. The van der Waals surface area contributed by atoms with E-state index in [0.29, 0.717) is 27.8 Å². The second-order valence-corrected chi connectivity index (χ2v) is 7.63. The first kappa shape index (κ1) is 20.9. The van der Waals surface area contributed by atoms with Gasteiger partial charge in [0.25, 0.3) is 5.91 Å². The van der Waals surface area contributed by atoms with Crippen LogP contribution in [0, 0.1) is 13.8 Å². The number of aryl methyl sites for hydroxylation is 2. The van der Waals surface area contributed by atoms with Crippen LogP contribution < -0.4 is 10.6 Å². The molecule has 2 amide bonds. The van der Waals surface area contributed by atoms with Gasteiger partial charge in [-0.3, -0.25) is 9.59 Å². The molecule has 0 atom stereocenters. The van der Waals surface area contributed by atoms with E-state index in [-0.39, 0.29) is 17.6 Å². The Kier molecular flexibility index (Phi) is 6.90. The summed E-state index contributed by atoms with van der Waals surface area (Å²) in [5.41, 5.74) is 2.60. The normalized spacial score (nSPS) is 10.6. The highest BCUT2D eigenvalue weighted by molar-refractivity contribution is 7.99. The maximum atomic E-state index is 12.6. The van der Waals surface area contributed by atoms with E-state index in [4.69, 9.17) is 16.1 Å². The minimum Gasteiger partial charge on any atom is -0.361 e. The van der Waals surface area contributed by atoms with Crippen LogP contribution >= 0.6 is 23.4 Å². The number of carbonyl (C=O) groups is 2. The van der Waals surface area contributed by atoms with Crippen molar-refractivity contribution in [3.8, 4) is 0 Å². The summed E-state index contributed by atoms with van der Waals surface area (Å²) in [6.07, 6.45) is 1.45. The molecule has 0 fully saturated rings. The number of nitrogens with zero attached hydrogens (tertiary/aromatic N) is 2. The van der Waals surface area contributed by atoms with E-state index in [1.54, 1.807) is 36.4 Å². The summed E-state index contributed by atoms with van der Waals surface area (Å²) in [5, 5.41) is 9.87. The minimum absolute atomic E-state index is 0.202. The molecule has 0 aliphatic carbocycles. The third-order valence-electron chi connectivity index (χ3n) is 4.08. The van der Waals surface area contributed by atoms with Crippen molar-refractivity contribution in [3.63, 3.8) is 0 Å². The number of thioether (sulfide) groups is 1. The van der Waals surface area contributed by atoms with Crippen LogP contribution in [0.5, 0.6) is 0 Å². The van der Waals surface area contributed by atoms with Crippen LogP contribution in [-0.4, -0.2) is 27.7 Å². The van der Waals surface area contributed by atoms with Gasteiger partial charge in [-0.1, -0.05) is 28.9 Å². The number of rotatable bonds is 7. The number of amides is 2. The molecule has 7 nitrogen and oxygen atoms in total. The van der Waals surface area contributed by atoms with Gasteiger partial charge in [0.1, 0.15) is 11.6 Å². The van der Waals surface area contributed by atoms with Crippen LogP contribution in [0.4, 0.5) is 11.5 Å². The smallest absolute Gasteiger partial charge is 0.258 e. The Morgan fingerprint density at radius 1 is 1.14 bits per heavy atom. The molecule has 9 heteroatoms. The van der Waals surface area contributed by atoms with Crippen molar-refractivity contribution in [2.75, 3.05) is 16.4 Å². The summed E-state index contributed by atoms with van der Waals surface area (Å²) < 4.78 is 5.13. The summed E-state index contributed by atoms with van der Waals surface area (Å²) in [7, 11) is 0. The van der Waals surface area contributed by atoms with Crippen molar-refractivity contribution in [1.29, 1.82) is 0 Å². The Labute approximate surface area is 177 Å². The fourth-order valence-corrected chi connectivity index (χ4v) is 3.65. The predicted molar refractivity (Wildman–Crippen MR) is 114 cm³/mol.